The van der Waals surface area contributed by atoms with Gasteiger partial charge in [-0.15, -0.1) is 0 Å². The molecule has 0 atom stereocenters. The average Bonchev–Trinajstić information content (AvgIpc) is 3.22. The van der Waals surface area contributed by atoms with E-state index in [1.807, 2.05) is 36.7 Å². The molecule has 2 aromatic rings. The van der Waals surface area contributed by atoms with E-state index in [4.69, 9.17) is 0 Å². The molecule has 142 valence electrons. The van der Waals surface area contributed by atoms with Crippen LogP contribution in [0.4, 0.5) is 5.95 Å². The highest BCUT2D eigenvalue weighted by Crippen LogP contribution is 2.23. The van der Waals surface area contributed by atoms with Gasteiger partial charge in [0.15, 0.2) is 0 Å². The highest BCUT2D eigenvalue weighted by molar-refractivity contribution is 5.95. The van der Waals surface area contributed by atoms with Gasteiger partial charge in [-0.2, -0.15) is 0 Å². The molecule has 4 rings (SSSR count). The molecule has 2 N–H and O–H groups in total. The number of amides is 1. The monoisotopic (exact) mass is 364 g/mol. The van der Waals surface area contributed by atoms with Crippen LogP contribution in [0, 0.1) is 0 Å². The Morgan fingerprint density at radius 2 is 1.52 bits per heavy atom. The highest BCUT2D eigenvalue weighted by Gasteiger charge is 2.18. The average molecular weight is 364 g/mol. The number of rotatable bonds is 5. The lowest BCUT2D eigenvalue weighted by Crippen LogP contribution is -2.32. The second kappa shape index (κ2) is 8.51. The highest BCUT2D eigenvalue weighted by atomic mass is 16.1. The Hall–Kier alpha value is -2.43. The summed E-state index contributed by atoms with van der Waals surface area (Å²) < 4.78 is 0. The third kappa shape index (κ3) is 4.65. The number of hydrogen-bond acceptors (Lipinski definition) is 4. The maximum absolute atomic E-state index is 12.5. The minimum Gasteiger partial charge on any atom is -0.351 e. The van der Waals surface area contributed by atoms with Gasteiger partial charge in [0.25, 0.3) is 5.91 Å². The van der Waals surface area contributed by atoms with E-state index in [0.29, 0.717) is 23.6 Å². The molecule has 2 saturated carbocycles. The van der Waals surface area contributed by atoms with Crippen molar-refractivity contribution in [1.82, 2.24) is 15.3 Å². The van der Waals surface area contributed by atoms with Crippen molar-refractivity contribution in [3.8, 4) is 11.1 Å². The minimum atomic E-state index is 0.0141. The molecular weight excluding hydrogens is 336 g/mol. The summed E-state index contributed by atoms with van der Waals surface area (Å²) in [5, 5.41) is 6.59. The third-order valence-electron chi connectivity index (χ3n) is 5.74. The summed E-state index contributed by atoms with van der Waals surface area (Å²) >= 11 is 0. The Labute approximate surface area is 161 Å². The number of nitrogens with zero attached hydrogens (tertiary/aromatic N) is 2. The quantitative estimate of drug-likeness (QED) is 0.816. The second-order valence-corrected chi connectivity index (χ2v) is 7.81. The van der Waals surface area contributed by atoms with E-state index < -0.39 is 0 Å². The number of nitrogens with one attached hydrogen (secondary N) is 2. The number of carbonyl (C=O) groups is 1. The van der Waals surface area contributed by atoms with Gasteiger partial charge in [0.2, 0.25) is 5.95 Å². The lowest BCUT2D eigenvalue weighted by atomic mass is 9.96. The Morgan fingerprint density at radius 3 is 2.26 bits per heavy atom. The van der Waals surface area contributed by atoms with E-state index >= 15 is 0 Å². The van der Waals surface area contributed by atoms with Crippen LogP contribution in [0.3, 0.4) is 0 Å². The summed E-state index contributed by atoms with van der Waals surface area (Å²) in [4.78, 5) is 21.5. The van der Waals surface area contributed by atoms with E-state index in [2.05, 4.69) is 20.6 Å². The standard InChI is InChI=1S/C22H28N4O/c27-21(25-19-11-4-5-12-19)17-8-6-7-16(13-17)18-14-23-22(24-15-18)26-20-9-2-1-3-10-20/h6-8,13-15,19-20H,1-5,9-12H2,(H,25,27)(H,23,24,26). The van der Waals surface area contributed by atoms with Crippen LogP contribution in [0.1, 0.15) is 68.1 Å². The first-order chi connectivity index (χ1) is 13.3. The van der Waals surface area contributed by atoms with Crippen LogP contribution in [-0.2, 0) is 0 Å². The first-order valence-electron chi connectivity index (χ1n) is 10.3. The van der Waals surface area contributed by atoms with Crippen molar-refractivity contribution in [3.05, 3.63) is 42.2 Å². The number of aromatic nitrogens is 2. The third-order valence-corrected chi connectivity index (χ3v) is 5.74. The Morgan fingerprint density at radius 1 is 0.852 bits per heavy atom. The maximum Gasteiger partial charge on any atom is 0.251 e. The Bertz CT molecular complexity index is 762. The van der Waals surface area contributed by atoms with E-state index in [9.17, 15) is 4.79 Å². The summed E-state index contributed by atoms with van der Waals surface area (Å²) in [5.41, 5.74) is 2.60. The fourth-order valence-corrected chi connectivity index (χ4v) is 4.16. The number of benzene rings is 1. The van der Waals surface area contributed by atoms with Crippen molar-refractivity contribution in [1.29, 1.82) is 0 Å². The normalized spacial score (nSPS) is 18.4. The van der Waals surface area contributed by atoms with Gasteiger partial charge in [-0.05, 0) is 43.4 Å². The molecule has 0 bridgehead atoms. The fraction of sp³-hybridized carbons (Fsp3) is 0.500. The first-order valence-corrected chi connectivity index (χ1v) is 10.3. The number of carbonyl (C=O) groups excluding carboxylic acids is 1. The molecule has 27 heavy (non-hydrogen) atoms. The summed E-state index contributed by atoms with van der Waals surface area (Å²) in [6.45, 7) is 0. The molecule has 5 nitrogen and oxygen atoms in total. The van der Waals surface area contributed by atoms with Crippen molar-refractivity contribution in [2.45, 2.75) is 69.9 Å². The van der Waals surface area contributed by atoms with Crippen LogP contribution >= 0.6 is 0 Å². The predicted octanol–water partition coefficient (Wildman–Crippen LogP) is 4.56. The minimum absolute atomic E-state index is 0.0141. The topological polar surface area (TPSA) is 66.9 Å². The Kier molecular flexibility index (Phi) is 5.66. The molecule has 1 aromatic carbocycles. The molecule has 1 heterocycles. The zero-order valence-corrected chi connectivity index (χ0v) is 15.8. The molecule has 2 aliphatic rings. The lowest BCUT2D eigenvalue weighted by molar-refractivity contribution is 0.0938. The summed E-state index contributed by atoms with van der Waals surface area (Å²) in [6.07, 6.45) is 14.6. The van der Waals surface area contributed by atoms with Crippen LogP contribution in [0.5, 0.6) is 0 Å². The molecule has 1 aromatic heterocycles. The van der Waals surface area contributed by atoms with E-state index in [1.54, 1.807) is 0 Å². The summed E-state index contributed by atoms with van der Waals surface area (Å²) in [7, 11) is 0. The molecule has 0 unspecified atom stereocenters. The van der Waals surface area contributed by atoms with Gasteiger partial charge in [0.1, 0.15) is 0 Å². The molecule has 0 saturated heterocycles. The summed E-state index contributed by atoms with van der Waals surface area (Å²) in [6, 6.07) is 8.54. The van der Waals surface area contributed by atoms with Crippen LogP contribution in [0.15, 0.2) is 36.7 Å². The number of hydrogen-bond donors (Lipinski definition) is 2. The van der Waals surface area contributed by atoms with Gasteiger partial charge in [-0.1, -0.05) is 44.2 Å². The molecular formula is C22H28N4O. The number of anilines is 1. The van der Waals surface area contributed by atoms with E-state index in [0.717, 1.165) is 24.0 Å². The van der Waals surface area contributed by atoms with Crippen molar-refractivity contribution in [2.75, 3.05) is 5.32 Å². The molecule has 2 fully saturated rings. The van der Waals surface area contributed by atoms with Gasteiger partial charge in [0.05, 0.1) is 0 Å². The van der Waals surface area contributed by atoms with Crippen LogP contribution in [0.2, 0.25) is 0 Å². The van der Waals surface area contributed by atoms with Crippen LogP contribution in [-0.4, -0.2) is 28.0 Å². The largest absolute Gasteiger partial charge is 0.351 e. The Balaban J connectivity index is 1.42. The fourth-order valence-electron chi connectivity index (χ4n) is 4.16. The maximum atomic E-state index is 12.5. The van der Waals surface area contributed by atoms with Gasteiger partial charge in [-0.3, -0.25) is 4.79 Å². The molecule has 0 spiro atoms. The SMILES string of the molecule is O=C(NC1CCCC1)c1cccc(-c2cnc(NC3CCCCC3)nc2)c1. The zero-order chi connectivity index (χ0) is 18.5. The predicted molar refractivity (Wildman–Crippen MR) is 108 cm³/mol. The van der Waals surface area contributed by atoms with Gasteiger partial charge in [0, 0.05) is 35.6 Å². The van der Waals surface area contributed by atoms with Crippen molar-refractivity contribution < 1.29 is 4.79 Å². The second-order valence-electron chi connectivity index (χ2n) is 7.81. The molecule has 2 aliphatic carbocycles. The van der Waals surface area contributed by atoms with Gasteiger partial charge >= 0.3 is 0 Å². The van der Waals surface area contributed by atoms with Crippen molar-refractivity contribution in [3.63, 3.8) is 0 Å². The van der Waals surface area contributed by atoms with Crippen molar-refractivity contribution >= 4 is 11.9 Å². The first kappa shape index (κ1) is 18.0. The molecule has 0 aliphatic heterocycles. The zero-order valence-electron chi connectivity index (χ0n) is 15.8. The molecule has 1 amide bonds. The van der Waals surface area contributed by atoms with Gasteiger partial charge < -0.3 is 10.6 Å². The summed E-state index contributed by atoms with van der Waals surface area (Å²) in [5.74, 6) is 0.709. The molecule has 0 radical (unpaired) electrons. The lowest BCUT2D eigenvalue weighted by Gasteiger charge is -2.22. The van der Waals surface area contributed by atoms with Crippen molar-refractivity contribution in [2.24, 2.45) is 0 Å². The van der Waals surface area contributed by atoms with Gasteiger partial charge in [-0.25, -0.2) is 9.97 Å². The van der Waals surface area contributed by atoms with E-state index in [-0.39, 0.29) is 5.91 Å². The molecule has 5 heteroatoms. The van der Waals surface area contributed by atoms with Crippen LogP contribution in [0.25, 0.3) is 11.1 Å². The van der Waals surface area contributed by atoms with Crippen LogP contribution < -0.4 is 10.6 Å². The van der Waals surface area contributed by atoms with E-state index in [1.165, 1.54) is 44.9 Å². The smallest absolute Gasteiger partial charge is 0.251 e.